The van der Waals surface area contributed by atoms with Crippen molar-refractivity contribution in [2.75, 3.05) is 20.1 Å². The molecule has 1 aromatic rings. The molecular formula is C14H16BrF3N2O. The molecule has 1 aromatic carbocycles. The Morgan fingerprint density at radius 2 is 1.95 bits per heavy atom. The average molecular weight is 365 g/mol. The molecule has 1 aliphatic heterocycles. The van der Waals surface area contributed by atoms with E-state index >= 15 is 0 Å². The molecule has 1 aliphatic rings. The minimum atomic E-state index is -4.48. The summed E-state index contributed by atoms with van der Waals surface area (Å²) in [6, 6.07) is 3.55. The molecule has 0 spiro atoms. The van der Waals surface area contributed by atoms with Crippen molar-refractivity contribution >= 4 is 21.8 Å². The van der Waals surface area contributed by atoms with Crippen molar-refractivity contribution in [3.63, 3.8) is 0 Å². The standard InChI is InChI=1S/C14H16BrF3N2O/c1-20-6-4-10(5-7-20)19-13(21)9-2-3-12(15)11(8-9)14(16,17)18/h2-3,8,10H,4-7H2,1H3,(H,19,21). The molecule has 0 aliphatic carbocycles. The zero-order valence-corrected chi connectivity index (χ0v) is 13.1. The lowest BCUT2D eigenvalue weighted by atomic mass is 10.0. The van der Waals surface area contributed by atoms with Crippen molar-refractivity contribution in [1.29, 1.82) is 0 Å². The second kappa shape index (κ2) is 6.36. The normalized spacial score (nSPS) is 17.8. The Bertz CT molecular complexity index is 525. The summed E-state index contributed by atoms with van der Waals surface area (Å²) in [7, 11) is 2.00. The van der Waals surface area contributed by atoms with Crippen molar-refractivity contribution in [3.8, 4) is 0 Å². The molecule has 0 saturated carbocycles. The van der Waals surface area contributed by atoms with Gasteiger partial charge in [-0.1, -0.05) is 15.9 Å². The first-order chi connectivity index (χ1) is 9.77. The van der Waals surface area contributed by atoms with Crippen LogP contribution in [0.2, 0.25) is 0 Å². The largest absolute Gasteiger partial charge is 0.417 e. The smallest absolute Gasteiger partial charge is 0.349 e. The van der Waals surface area contributed by atoms with E-state index in [0.717, 1.165) is 32.0 Å². The molecule has 0 radical (unpaired) electrons. The summed E-state index contributed by atoms with van der Waals surface area (Å²) >= 11 is 2.86. The molecule has 21 heavy (non-hydrogen) atoms. The Labute approximate surface area is 129 Å². The minimum absolute atomic E-state index is 0.0201. The van der Waals surface area contributed by atoms with E-state index in [4.69, 9.17) is 0 Å². The molecule has 1 fully saturated rings. The van der Waals surface area contributed by atoms with Crippen LogP contribution in [0.1, 0.15) is 28.8 Å². The van der Waals surface area contributed by atoms with E-state index in [9.17, 15) is 18.0 Å². The monoisotopic (exact) mass is 364 g/mol. The number of piperidine rings is 1. The summed E-state index contributed by atoms with van der Waals surface area (Å²) in [5, 5.41) is 2.81. The van der Waals surface area contributed by atoms with Crippen LogP contribution in [-0.2, 0) is 6.18 Å². The molecule has 7 heteroatoms. The van der Waals surface area contributed by atoms with Crippen LogP contribution in [0.4, 0.5) is 13.2 Å². The number of carbonyl (C=O) groups is 1. The van der Waals surface area contributed by atoms with Gasteiger partial charge >= 0.3 is 6.18 Å². The number of nitrogens with one attached hydrogen (secondary N) is 1. The summed E-state index contributed by atoms with van der Waals surface area (Å²) in [4.78, 5) is 14.2. The van der Waals surface area contributed by atoms with Gasteiger partial charge in [0.1, 0.15) is 0 Å². The van der Waals surface area contributed by atoms with E-state index in [2.05, 4.69) is 26.1 Å². The summed E-state index contributed by atoms with van der Waals surface area (Å²) < 4.78 is 38.4. The van der Waals surface area contributed by atoms with Crippen LogP contribution < -0.4 is 5.32 Å². The molecule has 0 unspecified atom stereocenters. The van der Waals surface area contributed by atoms with Crippen molar-refractivity contribution in [1.82, 2.24) is 10.2 Å². The van der Waals surface area contributed by atoms with Gasteiger partial charge < -0.3 is 10.2 Å². The Kier molecular flexibility index (Phi) is 4.93. The molecule has 1 N–H and O–H groups in total. The van der Waals surface area contributed by atoms with Gasteiger partial charge in [0.15, 0.2) is 0 Å². The number of nitrogens with zero attached hydrogens (tertiary/aromatic N) is 1. The van der Waals surface area contributed by atoms with Crippen LogP contribution in [0, 0.1) is 0 Å². The molecule has 0 bridgehead atoms. The maximum atomic E-state index is 12.8. The number of carbonyl (C=O) groups excluding carboxylic acids is 1. The van der Waals surface area contributed by atoms with Gasteiger partial charge in [-0.3, -0.25) is 4.79 Å². The lowest BCUT2D eigenvalue weighted by Gasteiger charge is -2.29. The number of hydrogen-bond acceptors (Lipinski definition) is 2. The molecule has 2 rings (SSSR count). The molecule has 1 heterocycles. The Morgan fingerprint density at radius 1 is 1.33 bits per heavy atom. The topological polar surface area (TPSA) is 32.3 Å². The Hall–Kier alpha value is -1.08. The van der Waals surface area contributed by atoms with E-state index in [1.54, 1.807) is 0 Å². The summed E-state index contributed by atoms with van der Waals surface area (Å²) in [6.45, 7) is 1.75. The summed E-state index contributed by atoms with van der Waals surface area (Å²) in [5.74, 6) is -0.456. The number of alkyl halides is 3. The fourth-order valence-corrected chi connectivity index (χ4v) is 2.78. The molecular weight excluding hydrogens is 349 g/mol. The van der Waals surface area contributed by atoms with Gasteiger partial charge in [-0.2, -0.15) is 13.2 Å². The van der Waals surface area contributed by atoms with E-state index in [1.807, 2.05) is 7.05 Å². The van der Waals surface area contributed by atoms with Crippen molar-refractivity contribution in [2.24, 2.45) is 0 Å². The summed E-state index contributed by atoms with van der Waals surface area (Å²) in [5.41, 5.74) is -0.803. The van der Waals surface area contributed by atoms with Crippen LogP contribution in [-0.4, -0.2) is 37.0 Å². The van der Waals surface area contributed by atoms with Gasteiger partial charge in [0.25, 0.3) is 5.91 Å². The van der Waals surface area contributed by atoms with Crippen molar-refractivity contribution < 1.29 is 18.0 Å². The first-order valence-corrected chi connectivity index (χ1v) is 7.43. The van der Waals surface area contributed by atoms with Crippen LogP contribution in [0.25, 0.3) is 0 Å². The molecule has 0 atom stereocenters. The number of halogens is 4. The fraction of sp³-hybridized carbons (Fsp3) is 0.500. The molecule has 3 nitrogen and oxygen atoms in total. The molecule has 1 saturated heterocycles. The van der Waals surface area contributed by atoms with E-state index in [-0.39, 0.29) is 16.1 Å². The number of likely N-dealkylation sites (tertiary alicyclic amines) is 1. The number of rotatable bonds is 2. The van der Waals surface area contributed by atoms with Gasteiger partial charge in [0.05, 0.1) is 5.56 Å². The molecule has 1 amide bonds. The summed E-state index contributed by atoms with van der Waals surface area (Å²) in [6.07, 6.45) is -2.86. The Balaban J connectivity index is 2.09. The highest BCUT2D eigenvalue weighted by molar-refractivity contribution is 9.10. The van der Waals surface area contributed by atoms with Crippen LogP contribution in [0.3, 0.4) is 0 Å². The highest BCUT2D eigenvalue weighted by Gasteiger charge is 2.33. The second-order valence-corrected chi connectivity index (χ2v) is 6.10. The van der Waals surface area contributed by atoms with Crippen LogP contribution >= 0.6 is 15.9 Å². The van der Waals surface area contributed by atoms with E-state index in [1.165, 1.54) is 12.1 Å². The van der Waals surface area contributed by atoms with Gasteiger partial charge in [-0.25, -0.2) is 0 Å². The third-order valence-corrected chi connectivity index (χ3v) is 4.28. The van der Waals surface area contributed by atoms with Gasteiger partial charge in [-0.05, 0) is 51.2 Å². The second-order valence-electron chi connectivity index (χ2n) is 5.24. The maximum Gasteiger partial charge on any atom is 0.417 e. The predicted molar refractivity (Wildman–Crippen MR) is 77.1 cm³/mol. The fourth-order valence-electron chi connectivity index (χ4n) is 2.31. The van der Waals surface area contributed by atoms with E-state index < -0.39 is 17.6 Å². The van der Waals surface area contributed by atoms with E-state index in [0.29, 0.717) is 0 Å². The molecule has 116 valence electrons. The first kappa shape index (κ1) is 16.3. The van der Waals surface area contributed by atoms with Crippen molar-refractivity contribution in [3.05, 3.63) is 33.8 Å². The zero-order valence-electron chi connectivity index (χ0n) is 11.5. The number of benzene rings is 1. The highest BCUT2D eigenvalue weighted by atomic mass is 79.9. The lowest BCUT2D eigenvalue weighted by Crippen LogP contribution is -2.43. The third-order valence-electron chi connectivity index (χ3n) is 3.59. The van der Waals surface area contributed by atoms with Crippen LogP contribution in [0.5, 0.6) is 0 Å². The molecule has 0 aromatic heterocycles. The number of amides is 1. The third kappa shape index (κ3) is 4.20. The SMILES string of the molecule is CN1CCC(NC(=O)c2ccc(Br)c(C(F)(F)F)c2)CC1. The quantitative estimate of drug-likeness (QED) is 0.873. The van der Waals surface area contributed by atoms with Gasteiger partial charge in [0, 0.05) is 16.1 Å². The zero-order chi connectivity index (χ0) is 15.6. The first-order valence-electron chi connectivity index (χ1n) is 6.63. The highest BCUT2D eigenvalue weighted by Crippen LogP contribution is 2.35. The lowest BCUT2D eigenvalue weighted by molar-refractivity contribution is -0.138. The minimum Gasteiger partial charge on any atom is -0.349 e. The maximum absolute atomic E-state index is 12.8. The Morgan fingerprint density at radius 3 is 2.52 bits per heavy atom. The number of hydrogen-bond donors (Lipinski definition) is 1. The van der Waals surface area contributed by atoms with Crippen molar-refractivity contribution in [2.45, 2.75) is 25.1 Å². The van der Waals surface area contributed by atoms with Gasteiger partial charge in [-0.15, -0.1) is 0 Å². The predicted octanol–water partition coefficient (Wildman–Crippen LogP) is 3.29. The average Bonchev–Trinajstić information content (AvgIpc) is 2.40. The van der Waals surface area contributed by atoms with Gasteiger partial charge in [0.2, 0.25) is 0 Å². The van der Waals surface area contributed by atoms with Crippen LogP contribution in [0.15, 0.2) is 22.7 Å².